The van der Waals surface area contributed by atoms with Gasteiger partial charge >= 0.3 is 0 Å². The topological polar surface area (TPSA) is 47.3 Å². The zero-order chi connectivity index (χ0) is 14.8. The first-order valence-corrected chi connectivity index (χ1v) is 6.95. The highest BCUT2D eigenvalue weighted by atomic mass is 19.3. The van der Waals surface area contributed by atoms with Crippen molar-refractivity contribution < 1.29 is 13.5 Å². The summed E-state index contributed by atoms with van der Waals surface area (Å²) in [5, 5.41) is 0. The summed E-state index contributed by atoms with van der Waals surface area (Å²) in [6.07, 6.45) is 1.21. The molecule has 20 heavy (non-hydrogen) atoms. The van der Waals surface area contributed by atoms with Crippen LogP contribution in [0, 0.1) is 12.8 Å². The van der Waals surface area contributed by atoms with Crippen molar-refractivity contribution >= 4 is 0 Å². The second-order valence-electron chi connectivity index (χ2n) is 5.58. The van der Waals surface area contributed by atoms with Crippen molar-refractivity contribution in [3.63, 3.8) is 0 Å². The summed E-state index contributed by atoms with van der Waals surface area (Å²) in [6, 6.07) is 5.41. The van der Waals surface area contributed by atoms with E-state index >= 15 is 0 Å². The monoisotopic (exact) mass is 284 g/mol. The number of ether oxygens (including phenoxy) is 1. The predicted octanol–water partition coefficient (Wildman–Crippen LogP) is 3.33. The molecule has 1 aromatic carbocycles. The molecule has 5 heteroatoms. The maximum absolute atomic E-state index is 13.6. The number of halogens is 2. The lowest BCUT2D eigenvalue weighted by molar-refractivity contribution is -0.0584. The summed E-state index contributed by atoms with van der Waals surface area (Å²) in [5.74, 6) is 3.68. The lowest BCUT2D eigenvalue weighted by Gasteiger charge is -2.35. The van der Waals surface area contributed by atoms with Gasteiger partial charge in [-0.05, 0) is 48.9 Å². The number of hydrogen-bond acceptors (Lipinski definition) is 3. The van der Waals surface area contributed by atoms with Crippen molar-refractivity contribution in [2.45, 2.75) is 44.6 Å². The number of hydrazine groups is 1. The van der Waals surface area contributed by atoms with Gasteiger partial charge in [-0.25, -0.2) is 8.78 Å². The van der Waals surface area contributed by atoms with Crippen molar-refractivity contribution in [3.05, 3.63) is 29.3 Å². The standard InChI is InChI=1S/C15H22F2N2O/c1-10-8-12(20-2)5-6-13(10)14(19-18)11-4-3-7-15(16,17)9-11/h5-6,8,11,14,19H,3-4,7,9,18H2,1-2H3. The predicted molar refractivity (Wildman–Crippen MR) is 74.7 cm³/mol. The molecule has 0 amide bonds. The van der Waals surface area contributed by atoms with Gasteiger partial charge in [0.15, 0.2) is 0 Å². The fourth-order valence-electron chi connectivity index (χ4n) is 3.10. The van der Waals surface area contributed by atoms with Gasteiger partial charge in [-0.3, -0.25) is 11.3 Å². The fourth-order valence-corrected chi connectivity index (χ4v) is 3.10. The number of alkyl halides is 2. The number of rotatable bonds is 4. The van der Waals surface area contributed by atoms with Gasteiger partial charge in [0.25, 0.3) is 0 Å². The summed E-state index contributed by atoms with van der Waals surface area (Å²) >= 11 is 0. The smallest absolute Gasteiger partial charge is 0.248 e. The molecular formula is C15H22F2N2O. The molecule has 0 spiro atoms. The van der Waals surface area contributed by atoms with Crippen LogP contribution >= 0.6 is 0 Å². The maximum atomic E-state index is 13.6. The molecule has 0 aliphatic heterocycles. The van der Waals surface area contributed by atoms with Crippen LogP contribution in [0.5, 0.6) is 5.75 Å². The van der Waals surface area contributed by atoms with Gasteiger partial charge in [-0.15, -0.1) is 0 Å². The van der Waals surface area contributed by atoms with Crippen LogP contribution in [0.1, 0.15) is 42.9 Å². The van der Waals surface area contributed by atoms with Crippen LogP contribution in [0.4, 0.5) is 8.78 Å². The molecule has 1 aliphatic rings. The summed E-state index contributed by atoms with van der Waals surface area (Å²) in [4.78, 5) is 0. The fraction of sp³-hybridized carbons (Fsp3) is 0.600. The van der Waals surface area contributed by atoms with Gasteiger partial charge in [0.05, 0.1) is 7.11 Å². The van der Waals surface area contributed by atoms with Gasteiger partial charge < -0.3 is 4.74 Å². The van der Waals surface area contributed by atoms with Gasteiger partial charge in [-0.2, -0.15) is 0 Å². The Morgan fingerprint density at radius 3 is 2.75 bits per heavy atom. The zero-order valence-electron chi connectivity index (χ0n) is 12.0. The molecule has 3 nitrogen and oxygen atoms in total. The minimum atomic E-state index is -2.57. The minimum absolute atomic E-state index is 0.0115. The van der Waals surface area contributed by atoms with Crippen LogP contribution in [0.3, 0.4) is 0 Å². The molecule has 1 aromatic rings. The molecule has 2 atom stereocenters. The van der Waals surface area contributed by atoms with Crippen LogP contribution in [0.15, 0.2) is 18.2 Å². The second kappa shape index (κ2) is 6.06. The van der Waals surface area contributed by atoms with E-state index in [2.05, 4.69) is 5.43 Å². The normalized spacial score (nSPS) is 23.4. The van der Waals surface area contributed by atoms with Crippen LogP contribution in [0.25, 0.3) is 0 Å². The molecule has 0 heterocycles. The number of nitrogens with one attached hydrogen (secondary N) is 1. The molecule has 1 saturated carbocycles. The van der Waals surface area contributed by atoms with E-state index in [-0.39, 0.29) is 24.8 Å². The number of hydrogen-bond donors (Lipinski definition) is 2. The minimum Gasteiger partial charge on any atom is -0.497 e. The molecule has 112 valence electrons. The Hall–Kier alpha value is -1.20. The largest absolute Gasteiger partial charge is 0.497 e. The first kappa shape index (κ1) is 15.2. The van der Waals surface area contributed by atoms with E-state index in [9.17, 15) is 8.78 Å². The first-order chi connectivity index (χ1) is 9.46. The van der Waals surface area contributed by atoms with Crippen molar-refractivity contribution in [1.29, 1.82) is 0 Å². The van der Waals surface area contributed by atoms with E-state index in [4.69, 9.17) is 10.6 Å². The quantitative estimate of drug-likeness (QED) is 0.658. The molecule has 2 unspecified atom stereocenters. The highest BCUT2D eigenvalue weighted by molar-refractivity contribution is 5.37. The Kier molecular flexibility index (Phi) is 4.60. The SMILES string of the molecule is COc1ccc(C(NN)C2CCCC(F)(F)C2)c(C)c1. The maximum Gasteiger partial charge on any atom is 0.248 e. The molecule has 0 aromatic heterocycles. The average molecular weight is 284 g/mol. The Balaban J connectivity index is 2.23. The van der Waals surface area contributed by atoms with E-state index in [1.165, 1.54) is 0 Å². The summed E-state index contributed by atoms with van der Waals surface area (Å²) in [7, 11) is 1.61. The Morgan fingerprint density at radius 2 is 2.20 bits per heavy atom. The summed E-state index contributed by atoms with van der Waals surface area (Å²) in [6.45, 7) is 1.95. The number of methoxy groups -OCH3 is 1. The van der Waals surface area contributed by atoms with E-state index in [1.807, 2.05) is 25.1 Å². The Bertz CT molecular complexity index is 465. The molecule has 1 aliphatic carbocycles. The van der Waals surface area contributed by atoms with Gasteiger partial charge in [-0.1, -0.05) is 6.07 Å². The highest BCUT2D eigenvalue weighted by Crippen LogP contribution is 2.42. The third-order valence-corrected chi connectivity index (χ3v) is 4.14. The van der Waals surface area contributed by atoms with Crippen molar-refractivity contribution in [2.75, 3.05) is 7.11 Å². The summed E-state index contributed by atoms with van der Waals surface area (Å²) < 4.78 is 32.4. The molecule has 1 fully saturated rings. The summed E-state index contributed by atoms with van der Waals surface area (Å²) in [5.41, 5.74) is 4.70. The molecule has 2 rings (SSSR count). The Labute approximate surface area is 118 Å². The lowest BCUT2D eigenvalue weighted by atomic mass is 9.78. The molecule has 0 bridgehead atoms. The van der Waals surface area contributed by atoms with Crippen LogP contribution in [-0.2, 0) is 0 Å². The van der Waals surface area contributed by atoms with Crippen LogP contribution in [0.2, 0.25) is 0 Å². The lowest BCUT2D eigenvalue weighted by Crippen LogP contribution is -2.38. The average Bonchev–Trinajstić information content (AvgIpc) is 2.40. The van der Waals surface area contributed by atoms with Crippen LogP contribution in [-0.4, -0.2) is 13.0 Å². The highest BCUT2D eigenvalue weighted by Gasteiger charge is 2.39. The van der Waals surface area contributed by atoms with Crippen molar-refractivity contribution in [3.8, 4) is 5.75 Å². The molecule has 0 saturated heterocycles. The van der Waals surface area contributed by atoms with Crippen molar-refractivity contribution in [1.82, 2.24) is 5.43 Å². The van der Waals surface area contributed by atoms with E-state index < -0.39 is 5.92 Å². The van der Waals surface area contributed by atoms with E-state index in [0.29, 0.717) is 6.42 Å². The first-order valence-electron chi connectivity index (χ1n) is 6.95. The third kappa shape index (κ3) is 3.27. The zero-order valence-corrected chi connectivity index (χ0v) is 12.0. The molecule has 3 N–H and O–H groups in total. The second-order valence-corrected chi connectivity index (χ2v) is 5.58. The molecule has 0 radical (unpaired) electrons. The van der Waals surface area contributed by atoms with Gasteiger partial charge in [0.1, 0.15) is 5.75 Å². The van der Waals surface area contributed by atoms with Crippen molar-refractivity contribution in [2.24, 2.45) is 11.8 Å². The third-order valence-electron chi connectivity index (χ3n) is 4.14. The number of aryl methyl sites for hydroxylation is 1. The van der Waals surface area contributed by atoms with Crippen LogP contribution < -0.4 is 16.0 Å². The van der Waals surface area contributed by atoms with E-state index in [1.54, 1.807) is 7.11 Å². The van der Waals surface area contributed by atoms with Gasteiger partial charge in [0, 0.05) is 18.9 Å². The molecular weight excluding hydrogens is 262 g/mol. The Morgan fingerprint density at radius 1 is 1.45 bits per heavy atom. The number of nitrogens with two attached hydrogens (primary N) is 1. The van der Waals surface area contributed by atoms with Gasteiger partial charge in [0.2, 0.25) is 5.92 Å². The van der Waals surface area contributed by atoms with E-state index in [0.717, 1.165) is 23.3 Å². The number of benzene rings is 1.